The Morgan fingerprint density at radius 2 is 2.29 bits per heavy atom. The van der Waals surface area contributed by atoms with E-state index < -0.39 is 0 Å². The van der Waals surface area contributed by atoms with E-state index >= 15 is 0 Å². The van der Waals surface area contributed by atoms with Crippen LogP contribution >= 0.6 is 23.1 Å². The van der Waals surface area contributed by atoms with Crippen molar-refractivity contribution in [1.29, 1.82) is 0 Å². The Morgan fingerprint density at radius 3 is 3.05 bits per heavy atom. The van der Waals surface area contributed by atoms with Crippen molar-refractivity contribution in [2.75, 3.05) is 24.7 Å². The number of ether oxygens (including phenoxy) is 1. The van der Waals surface area contributed by atoms with Crippen LogP contribution in [0.3, 0.4) is 0 Å². The Balaban J connectivity index is 1.72. The first-order valence-corrected chi connectivity index (χ1v) is 8.57. The van der Waals surface area contributed by atoms with Gasteiger partial charge in [-0.2, -0.15) is 0 Å². The van der Waals surface area contributed by atoms with Crippen molar-refractivity contribution < 1.29 is 9.53 Å². The average Bonchev–Trinajstić information content (AvgIpc) is 3.18. The van der Waals surface area contributed by atoms with Gasteiger partial charge in [0.15, 0.2) is 0 Å². The minimum Gasteiger partial charge on any atom is -0.497 e. The Labute approximate surface area is 132 Å². The van der Waals surface area contributed by atoms with Gasteiger partial charge in [-0.25, -0.2) is 4.79 Å². The number of thioether (sulfide) groups is 1. The number of benzene rings is 1. The van der Waals surface area contributed by atoms with Gasteiger partial charge in [-0.05, 0) is 23.6 Å². The lowest BCUT2D eigenvalue weighted by Crippen LogP contribution is -2.34. The van der Waals surface area contributed by atoms with Crippen LogP contribution in [0.5, 0.6) is 5.75 Å². The van der Waals surface area contributed by atoms with E-state index in [4.69, 9.17) is 4.74 Å². The molecule has 0 radical (unpaired) electrons. The van der Waals surface area contributed by atoms with Crippen molar-refractivity contribution in [3.63, 3.8) is 0 Å². The first-order chi connectivity index (χ1) is 10.3. The van der Waals surface area contributed by atoms with Gasteiger partial charge < -0.3 is 15.0 Å². The molecule has 0 aliphatic carbocycles. The quantitative estimate of drug-likeness (QED) is 0.928. The molecule has 1 aliphatic rings. The number of urea groups is 1. The summed E-state index contributed by atoms with van der Waals surface area (Å²) in [6, 6.07) is 11.5. The van der Waals surface area contributed by atoms with Crippen LogP contribution in [0, 0.1) is 0 Å². The molecule has 3 rings (SSSR count). The lowest BCUT2D eigenvalue weighted by Gasteiger charge is -2.23. The monoisotopic (exact) mass is 320 g/mol. The highest BCUT2D eigenvalue weighted by Gasteiger charge is 2.31. The molecular weight excluding hydrogens is 304 g/mol. The molecule has 6 heteroatoms. The van der Waals surface area contributed by atoms with Crippen molar-refractivity contribution in [3.05, 3.63) is 46.7 Å². The number of amides is 2. The molecule has 2 heterocycles. The molecule has 1 aromatic heterocycles. The maximum Gasteiger partial charge on any atom is 0.323 e. The van der Waals surface area contributed by atoms with E-state index in [1.807, 2.05) is 40.6 Å². The Hall–Kier alpha value is -1.66. The van der Waals surface area contributed by atoms with E-state index in [0.29, 0.717) is 0 Å². The largest absolute Gasteiger partial charge is 0.497 e. The second kappa shape index (κ2) is 6.41. The van der Waals surface area contributed by atoms with Gasteiger partial charge in [-0.3, -0.25) is 0 Å². The molecule has 4 nitrogen and oxygen atoms in total. The number of anilines is 1. The first-order valence-electron chi connectivity index (χ1n) is 6.64. The van der Waals surface area contributed by atoms with Crippen LogP contribution in [0.15, 0.2) is 41.8 Å². The normalized spacial score (nSPS) is 17.8. The summed E-state index contributed by atoms with van der Waals surface area (Å²) in [5.74, 6) is 1.70. The van der Waals surface area contributed by atoms with Gasteiger partial charge in [0.25, 0.3) is 0 Å². The van der Waals surface area contributed by atoms with Crippen LogP contribution in [0.25, 0.3) is 0 Å². The van der Waals surface area contributed by atoms with E-state index in [-0.39, 0.29) is 11.4 Å². The van der Waals surface area contributed by atoms with E-state index in [2.05, 4.69) is 11.4 Å². The predicted octanol–water partition coefficient (Wildman–Crippen LogP) is 4.04. The molecule has 0 unspecified atom stereocenters. The van der Waals surface area contributed by atoms with Crippen LogP contribution in [-0.2, 0) is 0 Å². The zero-order chi connectivity index (χ0) is 14.7. The molecule has 1 aliphatic heterocycles. The standard InChI is InChI=1S/C15H16N2O2S2/c1-19-12-5-2-4-11(10-12)16-15(18)17-7-9-21-14(17)13-6-3-8-20-13/h2-6,8,10,14H,7,9H2,1H3,(H,16,18)/t14-/m0/s1. The number of nitrogens with zero attached hydrogens (tertiary/aromatic N) is 1. The highest BCUT2D eigenvalue weighted by atomic mass is 32.2. The molecule has 2 aromatic rings. The minimum atomic E-state index is -0.0633. The van der Waals surface area contributed by atoms with Crippen LogP contribution < -0.4 is 10.1 Å². The Morgan fingerprint density at radius 1 is 1.38 bits per heavy atom. The fourth-order valence-corrected chi connectivity index (χ4v) is 4.48. The summed E-state index contributed by atoms with van der Waals surface area (Å²) in [4.78, 5) is 15.6. The van der Waals surface area contributed by atoms with Crippen LogP contribution in [-0.4, -0.2) is 30.3 Å². The number of methoxy groups -OCH3 is 1. The molecule has 2 amide bonds. The van der Waals surface area contributed by atoms with Gasteiger partial charge in [-0.15, -0.1) is 23.1 Å². The zero-order valence-corrected chi connectivity index (χ0v) is 13.2. The molecule has 0 saturated carbocycles. The maximum absolute atomic E-state index is 12.5. The third-order valence-electron chi connectivity index (χ3n) is 3.26. The smallest absolute Gasteiger partial charge is 0.323 e. The summed E-state index contributed by atoms with van der Waals surface area (Å²) < 4.78 is 5.17. The van der Waals surface area contributed by atoms with Gasteiger partial charge in [0, 0.05) is 28.9 Å². The molecule has 0 bridgehead atoms. The summed E-state index contributed by atoms with van der Waals surface area (Å²) >= 11 is 3.50. The SMILES string of the molecule is COc1cccc(NC(=O)N2CCS[C@H]2c2cccs2)c1. The molecule has 1 atom stereocenters. The Bertz CT molecular complexity index is 616. The maximum atomic E-state index is 12.5. The summed E-state index contributed by atoms with van der Waals surface area (Å²) in [7, 11) is 1.62. The van der Waals surface area contributed by atoms with Crippen molar-refractivity contribution in [2.45, 2.75) is 5.37 Å². The van der Waals surface area contributed by atoms with Gasteiger partial charge >= 0.3 is 6.03 Å². The van der Waals surface area contributed by atoms with Crippen LogP contribution in [0.1, 0.15) is 10.3 Å². The van der Waals surface area contributed by atoms with Gasteiger partial charge in [0.1, 0.15) is 11.1 Å². The number of nitrogens with one attached hydrogen (secondary N) is 1. The lowest BCUT2D eigenvalue weighted by atomic mass is 10.3. The van der Waals surface area contributed by atoms with Gasteiger partial charge in [0.2, 0.25) is 0 Å². The highest BCUT2D eigenvalue weighted by molar-refractivity contribution is 7.99. The Kier molecular flexibility index (Phi) is 4.36. The fourth-order valence-electron chi connectivity index (χ4n) is 2.24. The molecule has 1 saturated heterocycles. The van der Waals surface area contributed by atoms with Crippen molar-refractivity contribution in [1.82, 2.24) is 4.90 Å². The first kappa shape index (κ1) is 14.3. The van der Waals surface area contributed by atoms with E-state index in [9.17, 15) is 4.79 Å². The van der Waals surface area contributed by atoms with Crippen LogP contribution in [0.2, 0.25) is 0 Å². The summed E-state index contributed by atoms with van der Waals surface area (Å²) in [5, 5.41) is 5.12. The number of carbonyl (C=O) groups is 1. The summed E-state index contributed by atoms with van der Waals surface area (Å²) in [6.07, 6.45) is 0. The minimum absolute atomic E-state index is 0.0633. The number of hydrogen-bond acceptors (Lipinski definition) is 4. The highest BCUT2D eigenvalue weighted by Crippen LogP contribution is 2.40. The topological polar surface area (TPSA) is 41.6 Å². The van der Waals surface area contributed by atoms with Crippen molar-refractivity contribution in [2.24, 2.45) is 0 Å². The number of rotatable bonds is 3. The van der Waals surface area contributed by atoms with E-state index in [0.717, 1.165) is 23.7 Å². The molecule has 110 valence electrons. The molecular formula is C15H16N2O2S2. The molecule has 21 heavy (non-hydrogen) atoms. The van der Waals surface area contributed by atoms with E-state index in [1.54, 1.807) is 30.2 Å². The number of hydrogen-bond donors (Lipinski definition) is 1. The third-order valence-corrected chi connectivity index (χ3v) is 5.58. The van der Waals surface area contributed by atoms with Crippen LogP contribution in [0.4, 0.5) is 10.5 Å². The molecule has 1 fully saturated rings. The molecule has 0 spiro atoms. The van der Waals surface area contributed by atoms with Gasteiger partial charge in [0.05, 0.1) is 7.11 Å². The summed E-state index contributed by atoms with van der Waals surface area (Å²) in [5.41, 5.74) is 0.751. The van der Waals surface area contributed by atoms with Crippen molar-refractivity contribution in [3.8, 4) is 5.75 Å². The average molecular weight is 320 g/mol. The van der Waals surface area contributed by atoms with E-state index in [1.165, 1.54) is 4.88 Å². The summed E-state index contributed by atoms with van der Waals surface area (Å²) in [6.45, 7) is 0.767. The molecule has 1 aromatic carbocycles. The zero-order valence-electron chi connectivity index (χ0n) is 11.6. The second-order valence-electron chi connectivity index (χ2n) is 4.59. The second-order valence-corrected chi connectivity index (χ2v) is 6.76. The number of carbonyl (C=O) groups excluding carboxylic acids is 1. The lowest BCUT2D eigenvalue weighted by molar-refractivity contribution is 0.215. The predicted molar refractivity (Wildman–Crippen MR) is 88.2 cm³/mol. The van der Waals surface area contributed by atoms with Gasteiger partial charge in [-0.1, -0.05) is 12.1 Å². The fraction of sp³-hybridized carbons (Fsp3) is 0.267. The molecule has 1 N–H and O–H groups in total. The van der Waals surface area contributed by atoms with Crippen molar-refractivity contribution >= 4 is 34.8 Å². The number of thiophene rings is 1. The third kappa shape index (κ3) is 3.16.